The summed E-state index contributed by atoms with van der Waals surface area (Å²) < 4.78 is 1.22. The lowest BCUT2D eigenvalue weighted by molar-refractivity contribution is 0.795. The van der Waals surface area contributed by atoms with Gasteiger partial charge in [-0.25, -0.2) is 0 Å². The molecular formula is C20H21Br. The van der Waals surface area contributed by atoms with E-state index in [1.165, 1.54) is 51.6 Å². The molecule has 21 heavy (non-hydrogen) atoms. The van der Waals surface area contributed by atoms with Gasteiger partial charge in [-0.05, 0) is 46.7 Å². The Bertz CT molecular complexity index is 665. The molecule has 108 valence electrons. The van der Waals surface area contributed by atoms with Gasteiger partial charge < -0.3 is 0 Å². The van der Waals surface area contributed by atoms with Crippen LogP contribution in [0.5, 0.6) is 0 Å². The second-order valence-corrected chi connectivity index (χ2v) is 6.72. The summed E-state index contributed by atoms with van der Waals surface area (Å²) in [6.07, 6.45) is 6.06. The molecule has 0 saturated carbocycles. The van der Waals surface area contributed by atoms with Crippen LogP contribution in [0.2, 0.25) is 0 Å². The summed E-state index contributed by atoms with van der Waals surface area (Å²) in [7, 11) is 0. The molecule has 0 amide bonds. The maximum Gasteiger partial charge on any atom is 0.0219 e. The minimum Gasteiger partial charge on any atom is -0.0654 e. The average Bonchev–Trinajstić information content (AvgIpc) is 2.84. The van der Waals surface area contributed by atoms with Crippen molar-refractivity contribution in [3.8, 4) is 0 Å². The van der Waals surface area contributed by atoms with E-state index < -0.39 is 0 Å². The van der Waals surface area contributed by atoms with Gasteiger partial charge in [-0.3, -0.25) is 0 Å². The molecule has 1 heteroatoms. The molecule has 0 aliphatic heterocycles. The molecule has 2 aromatic rings. The normalized spacial score (nSPS) is 16.7. The van der Waals surface area contributed by atoms with Crippen LogP contribution in [0.15, 0.2) is 46.9 Å². The van der Waals surface area contributed by atoms with Gasteiger partial charge in [0.15, 0.2) is 0 Å². The topological polar surface area (TPSA) is 0 Å². The van der Waals surface area contributed by atoms with E-state index in [9.17, 15) is 0 Å². The smallest absolute Gasteiger partial charge is 0.0219 e. The lowest BCUT2D eigenvalue weighted by Crippen LogP contribution is -1.95. The maximum atomic E-state index is 3.69. The largest absolute Gasteiger partial charge is 0.0654 e. The van der Waals surface area contributed by atoms with Gasteiger partial charge in [0.2, 0.25) is 0 Å². The number of hydrogen-bond acceptors (Lipinski definition) is 0. The monoisotopic (exact) mass is 340 g/mol. The Kier molecular flexibility index (Phi) is 4.30. The van der Waals surface area contributed by atoms with Crippen LogP contribution in [0.25, 0.3) is 11.6 Å². The zero-order chi connectivity index (χ0) is 14.8. The third kappa shape index (κ3) is 2.85. The Hall–Kier alpha value is -1.34. The van der Waals surface area contributed by atoms with E-state index in [-0.39, 0.29) is 0 Å². The van der Waals surface area contributed by atoms with E-state index in [1.807, 2.05) is 0 Å². The molecule has 0 heterocycles. The van der Waals surface area contributed by atoms with Gasteiger partial charge in [-0.15, -0.1) is 0 Å². The summed E-state index contributed by atoms with van der Waals surface area (Å²) in [5.41, 5.74) is 7.00. The number of unbranched alkanes of at least 4 members (excludes halogenated alkanes) is 1. The molecule has 0 fully saturated rings. The first-order valence-corrected chi connectivity index (χ1v) is 8.59. The molecule has 1 atom stereocenters. The van der Waals surface area contributed by atoms with Crippen LogP contribution >= 0.6 is 15.9 Å². The molecule has 2 aromatic carbocycles. The van der Waals surface area contributed by atoms with Crippen molar-refractivity contribution >= 4 is 27.6 Å². The second kappa shape index (κ2) is 6.19. The highest BCUT2D eigenvalue weighted by Crippen LogP contribution is 2.44. The van der Waals surface area contributed by atoms with Crippen LogP contribution in [-0.2, 0) is 6.42 Å². The predicted octanol–water partition coefficient (Wildman–Crippen LogP) is 6.45. The molecule has 0 spiro atoms. The van der Waals surface area contributed by atoms with E-state index in [1.54, 1.807) is 0 Å². The maximum absolute atomic E-state index is 3.69. The zero-order valence-electron chi connectivity index (χ0n) is 12.7. The fourth-order valence-electron chi connectivity index (χ4n) is 3.16. The summed E-state index contributed by atoms with van der Waals surface area (Å²) in [5, 5.41) is 0. The van der Waals surface area contributed by atoms with Gasteiger partial charge in [-0.2, -0.15) is 0 Å². The fraction of sp³-hybridized carbons (Fsp3) is 0.300. The highest BCUT2D eigenvalue weighted by molar-refractivity contribution is 9.10. The highest BCUT2D eigenvalue weighted by Gasteiger charge is 2.24. The zero-order valence-corrected chi connectivity index (χ0v) is 14.3. The highest BCUT2D eigenvalue weighted by atomic mass is 79.9. The van der Waals surface area contributed by atoms with Crippen LogP contribution in [0.3, 0.4) is 0 Å². The van der Waals surface area contributed by atoms with Crippen molar-refractivity contribution in [1.82, 2.24) is 0 Å². The van der Waals surface area contributed by atoms with Crippen molar-refractivity contribution < 1.29 is 0 Å². The van der Waals surface area contributed by atoms with Crippen LogP contribution in [-0.4, -0.2) is 0 Å². The van der Waals surface area contributed by atoms with Gasteiger partial charge in [0.1, 0.15) is 0 Å². The number of hydrogen-bond donors (Lipinski definition) is 0. The van der Waals surface area contributed by atoms with E-state index in [0.29, 0.717) is 5.92 Å². The molecule has 1 aliphatic rings. The van der Waals surface area contributed by atoms with Crippen LogP contribution in [0.1, 0.15) is 54.9 Å². The Morgan fingerprint density at radius 1 is 1.05 bits per heavy atom. The predicted molar refractivity (Wildman–Crippen MR) is 95.5 cm³/mol. The molecule has 0 N–H and O–H groups in total. The number of aryl methyl sites for hydroxylation is 1. The van der Waals surface area contributed by atoms with Gasteiger partial charge in [-0.1, -0.05) is 78.7 Å². The molecule has 0 saturated heterocycles. The first kappa shape index (κ1) is 14.6. The molecule has 0 bridgehead atoms. The second-order valence-electron chi connectivity index (χ2n) is 5.86. The van der Waals surface area contributed by atoms with Crippen molar-refractivity contribution in [2.45, 2.75) is 39.0 Å². The van der Waals surface area contributed by atoms with Crippen LogP contribution in [0, 0.1) is 0 Å². The average molecular weight is 341 g/mol. The van der Waals surface area contributed by atoms with Crippen molar-refractivity contribution in [2.75, 3.05) is 0 Å². The van der Waals surface area contributed by atoms with Crippen molar-refractivity contribution in [3.05, 3.63) is 69.2 Å². The molecule has 1 aliphatic carbocycles. The Morgan fingerprint density at radius 2 is 1.81 bits per heavy atom. The van der Waals surface area contributed by atoms with Crippen molar-refractivity contribution in [1.29, 1.82) is 0 Å². The lowest BCUT2D eigenvalue weighted by Gasteiger charge is -2.13. The third-order valence-corrected chi connectivity index (χ3v) is 5.09. The Morgan fingerprint density at radius 3 is 2.48 bits per heavy atom. The Labute approximate surface area is 136 Å². The molecule has 0 radical (unpaired) electrons. The Balaban J connectivity index is 1.87. The first-order chi connectivity index (χ1) is 10.2. The van der Waals surface area contributed by atoms with Crippen molar-refractivity contribution in [3.63, 3.8) is 0 Å². The van der Waals surface area contributed by atoms with E-state index in [0.717, 1.165) is 0 Å². The van der Waals surface area contributed by atoms with Gasteiger partial charge in [0, 0.05) is 10.4 Å². The number of fused-ring (bicyclic) bond motifs is 1. The summed E-state index contributed by atoms with van der Waals surface area (Å²) in [6, 6.07) is 15.6. The fourth-order valence-corrected chi connectivity index (χ4v) is 3.89. The molecule has 1 unspecified atom stereocenters. The quantitative estimate of drug-likeness (QED) is 0.599. The van der Waals surface area contributed by atoms with Crippen LogP contribution in [0.4, 0.5) is 0 Å². The van der Waals surface area contributed by atoms with E-state index in [4.69, 9.17) is 0 Å². The van der Waals surface area contributed by atoms with Gasteiger partial charge in [0.25, 0.3) is 0 Å². The molecule has 3 rings (SSSR count). The number of rotatable bonds is 4. The van der Waals surface area contributed by atoms with E-state index in [2.05, 4.69) is 78.3 Å². The standard InChI is InChI=1S/C20H21Br/c1-3-4-6-15-9-11-16(12-10-15)18-13-17-7-5-8-19(21)20(17)14(18)2/h5,7-14H,3-4,6H2,1-2H3. The number of benzene rings is 2. The van der Waals surface area contributed by atoms with Crippen LogP contribution < -0.4 is 0 Å². The summed E-state index contributed by atoms with van der Waals surface area (Å²) in [5.74, 6) is 0.456. The summed E-state index contributed by atoms with van der Waals surface area (Å²) >= 11 is 3.69. The SMILES string of the molecule is CCCCc1ccc(C2=Cc3cccc(Br)c3C2C)cc1. The van der Waals surface area contributed by atoms with Gasteiger partial charge >= 0.3 is 0 Å². The molecular weight excluding hydrogens is 320 g/mol. The summed E-state index contributed by atoms with van der Waals surface area (Å²) in [6.45, 7) is 4.54. The number of allylic oxidation sites excluding steroid dienone is 1. The molecule has 0 nitrogen and oxygen atoms in total. The van der Waals surface area contributed by atoms with E-state index >= 15 is 0 Å². The number of halogens is 1. The first-order valence-electron chi connectivity index (χ1n) is 7.80. The van der Waals surface area contributed by atoms with Gasteiger partial charge in [0.05, 0.1) is 0 Å². The van der Waals surface area contributed by atoms with Crippen molar-refractivity contribution in [2.24, 2.45) is 0 Å². The minimum atomic E-state index is 0.456. The lowest BCUT2D eigenvalue weighted by atomic mass is 9.92. The molecule has 0 aromatic heterocycles. The summed E-state index contributed by atoms with van der Waals surface area (Å²) in [4.78, 5) is 0. The third-order valence-electron chi connectivity index (χ3n) is 4.40. The minimum absolute atomic E-state index is 0.456.